The van der Waals surface area contributed by atoms with Crippen LogP contribution in [0.2, 0.25) is 0 Å². The third kappa shape index (κ3) is 14.0. The van der Waals surface area contributed by atoms with Gasteiger partial charge in [0.1, 0.15) is 18.0 Å². The number of alkyl halides is 6. The molecule has 2 aromatic carbocycles. The van der Waals surface area contributed by atoms with Crippen LogP contribution in [0.4, 0.5) is 31.1 Å². The van der Waals surface area contributed by atoms with Crippen LogP contribution in [0, 0.1) is 12.8 Å². The summed E-state index contributed by atoms with van der Waals surface area (Å²) in [5, 5.41) is 27.7. The number of fused-ring (bicyclic) bond motifs is 1. The third-order valence-corrected chi connectivity index (χ3v) is 8.66. The topological polar surface area (TPSA) is 208 Å². The molecule has 2 saturated heterocycles. The molecular formula is C37H43F6N5O10. The number of carboxylic acids is 2. The van der Waals surface area contributed by atoms with Crippen LogP contribution >= 0.6 is 0 Å². The lowest BCUT2D eigenvalue weighted by Crippen LogP contribution is -2.58. The number of likely N-dealkylation sites (tertiary alicyclic amines) is 2. The van der Waals surface area contributed by atoms with Gasteiger partial charge in [0.05, 0.1) is 17.5 Å². The fourth-order valence-corrected chi connectivity index (χ4v) is 6.01. The van der Waals surface area contributed by atoms with E-state index in [1.807, 2.05) is 58.0 Å². The highest BCUT2D eigenvalue weighted by Gasteiger charge is 2.41. The van der Waals surface area contributed by atoms with E-state index in [9.17, 15) is 45.9 Å². The van der Waals surface area contributed by atoms with E-state index in [1.54, 1.807) is 34.6 Å². The quantitative estimate of drug-likeness (QED) is 0.116. The van der Waals surface area contributed by atoms with Crippen LogP contribution in [-0.2, 0) is 25.7 Å². The first kappa shape index (κ1) is 46.7. The highest BCUT2D eigenvalue weighted by Crippen LogP contribution is 2.26. The molecule has 0 bridgehead atoms. The van der Waals surface area contributed by atoms with Crippen molar-refractivity contribution < 1.29 is 75.2 Å². The summed E-state index contributed by atoms with van der Waals surface area (Å²) < 4.78 is 75.0. The zero-order valence-corrected chi connectivity index (χ0v) is 31.7. The van der Waals surface area contributed by atoms with Gasteiger partial charge in [-0.25, -0.2) is 19.9 Å². The van der Waals surface area contributed by atoms with E-state index in [0.717, 1.165) is 28.6 Å². The number of ether oxygens (including phenoxy) is 2. The number of nitrogens with one attached hydrogen (secondary N) is 2. The number of amides is 3. The molecule has 1 unspecified atom stereocenters. The van der Waals surface area contributed by atoms with Gasteiger partial charge in [0.2, 0.25) is 5.91 Å². The number of carboxylic acid groups (broad SMARTS) is 2. The Kier molecular flexibility index (Phi) is 15.8. The highest BCUT2D eigenvalue weighted by molar-refractivity contribution is 5.95. The number of nitrogens with zero attached hydrogens (tertiary/aromatic N) is 3. The van der Waals surface area contributed by atoms with E-state index in [4.69, 9.17) is 29.3 Å². The second-order valence-electron chi connectivity index (χ2n) is 14.2. The zero-order valence-electron chi connectivity index (χ0n) is 31.7. The number of carbonyl (C=O) groups excluding carboxylic acids is 3. The summed E-state index contributed by atoms with van der Waals surface area (Å²) in [5.74, 6) is -6.34. The van der Waals surface area contributed by atoms with Crippen LogP contribution in [-0.4, -0.2) is 116 Å². The van der Waals surface area contributed by atoms with Crippen LogP contribution in [0.25, 0.3) is 10.9 Å². The number of pyridine rings is 1. The molecule has 3 amide bonds. The molecule has 3 atom stereocenters. The van der Waals surface area contributed by atoms with Crippen molar-refractivity contribution in [2.24, 2.45) is 5.92 Å². The molecule has 0 saturated carbocycles. The van der Waals surface area contributed by atoms with E-state index in [1.165, 1.54) is 0 Å². The molecule has 15 nitrogen and oxygen atoms in total. The first-order chi connectivity index (χ1) is 26.9. The third-order valence-electron chi connectivity index (χ3n) is 8.66. The molecule has 0 radical (unpaired) electrons. The Balaban J connectivity index is 0.000000550. The molecule has 5 rings (SSSR count). The average Bonchev–Trinajstić information content (AvgIpc) is 3.64. The van der Waals surface area contributed by atoms with Crippen molar-refractivity contribution in [3.63, 3.8) is 0 Å². The van der Waals surface area contributed by atoms with Crippen molar-refractivity contribution in [2.45, 2.75) is 77.2 Å². The van der Waals surface area contributed by atoms with Gasteiger partial charge < -0.3 is 29.9 Å². The maximum atomic E-state index is 13.3. The van der Waals surface area contributed by atoms with Crippen molar-refractivity contribution in [3.05, 3.63) is 71.4 Å². The predicted molar refractivity (Wildman–Crippen MR) is 192 cm³/mol. The van der Waals surface area contributed by atoms with E-state index in [-0.39, 0.29) is 18.0 Å². The molecule has 2 aliphatic heterocycles. The van der Waals surface area contributed by atoms with Crippen LogP contribution < -0.4 is 15.5 Å². The van der Waals surface area contributed by atoms with Crippen LogP contribution in [0.1, 0.15) is 55.2 Å². The summed E-state index contributed by atoms with van der Waals surface area (Å²) in [6, 6.07) is 16.4. The SMILES string of the molecule is Cc1cc(COc2ccc(C(=O)N[C@@H]3CN(C4CCN(C(=O)OC(C)(C)C)C4)CC[C@@H]3C(=O)NO)cc2)c2ccccc2n1.O=C(O)C(F)(F)F.O=C(O)C(F)(F)F. The normalized spacial score (nSPS) is 18.5. The molecular weight excluding hydrogens is 788 g/mol. The summed E-state index contributed by atoms with van der Waals surface area (Å²) in [6.07, 6.45) is -9.28. The number of hydrogen-bond acceptors (Lipinski definition) is 10. The van der Waals surface area contributed by atoms with Crippen LogP contribution in [0.3, 0.4) is 0 Å². The van der Waals surface area contributed by atoms with Crippen LogP contribution in [0.5, 0.6) is 5.75 Å². The van der Waals surface area contributed by atoms with E-state index >= 15 is 0 Å². The van der Waals surface area contributed by atoms with Crippen LogP contribution in [0.15, 0.2) is 54.6 Å². The van der Waals surface area contributed by atoms with Gasteiger partial charge in [-0.2, -0.15) is 26.3 Å². The van der Waals surface area contributed by atoms with Crippen molar-refractivity contribution in [1.82, 2.24) is 25.6 Å². The zero-order chi connectivity index (χ0) is 43.6. The lowest BCUT2D eigenvalue weighted by atomic mass is 9.89. The molecule has 0 spiro atoms. The monoisotopic (exact) mass is 831 g/mol. The molecule has 2 aliphatic rings. The number of halogens is 6. The Morgan fingerprint density at radius 3 is 2.00 bits per heavy atom. The van der Waals surface area contributed by atoms with Gasteiger partial charge in [0.25, 0.3) is 5.91 Å². The number of hydroxylamine groups is 1. The standard InChI is InChI=1S/C33H41N5O6.2C2HF3O2/c1-21-17-23(26-7-5-6-8-28(26)34-21)20-43-25-11-9-22(10-12-25)30(39)35-29-19-37(16-14-27(29)31(40)36-42)24-13-15-38(18-24)32(41)44-33(2,3)4;2*3-2(4,5)1(6)7/h5-12,17,24,27,29,42H,13-16,18-20H2,1-4H3,(H,35,39)(H,36,40);2*(H,6,7)/t24?,27-,29+;;/m0../s1. The van der Waals surface area contributed by atoms with E-state index in [0.29, 0.717) is 50.5 Å². The Labute approximate surface area is 327 Å². The first-order valence-corrected chi connectivity index (χ1v) is 17.5. The lowest BCUT2D eigenvalue weighted by Gasteiger charge is -2.40. The molecule has 5 N–H and O–H groups in total. The molecule has 2 fully saturated rings. The van der Waals surface area contributed by atoms with Gasteiger partial charge >= 0.3 is 30.4 Å². The molecule has 3 aromatic rings. The summed E-state index contributed by atoms with van der Waals surface area (Å²) in [7, 11) is 0. The Bertz CT molecular complexity index is 1900. The number of benzene rings is 2. The molecule has 0 aliphatic carbocycles. The maximum Gasteiger partial charge on any atom is 0.490 e. The number of aliphatic carboxylic acids is 2. The molecule has 58 heavy (non-hydrogen) atoms. The first-order valence-electron chi connectivity index (χ1n) is 17.5. The van der Waals surface area contributed by atoms with Gasteiger partial charge in [-0.05, 0) is 83.5 Å². The number of aromatic nitrogens is 1. The van der Waals surface area contributed by atoms with Gasteiger partial charge in [-0.1, -0.05) is 18.2 Å². The second kappa shape index (κ2) is 19.6. The molecule has 21 heteroatoms. The molecule has 3 heterocycles. The Hall–Kier alpha value is -5.70. The number of piperidine rings is 1. The summed E-state index contributed by atoms with van der Waals surface area (Å²) in [5.41, 5.74) is 4.48. The van der Waals surface area contributed by atoms with Gasteiger partial charge in [0, 0.05) is 47.9 Å². The summed E-state index contributed by atoms with van der Waals surface area (Å²) in [6.45, 7) is 9.96. The van der Waals surface area contributed by atoms with Gasteiger partial charge in [-0.15, -0.1) is 0 Å². The van der Waals surface area contributed by atoms with Crippen molar-refractivity contribution in [1.29, 1.82) is 0 Å². The van der Waals surface area contributed by atoms with E-state index in [2.05, 4.69) is 15.2 Å². The number of para-hydroxylation sites is 1. The number of hydrogen-bond donors (Lipinski definition) is 5. The Morgan fingerprint density at radius 2 is 1.45 bits per heavy atom. The Morgan fingerprint density at radius 1 is 0.862 bits per heavy atom. The number of rotatable bonds is 7. The fraction of sp³-hybridized carbons (Fsp3) is 0.459. The highest BCUT2D eigenvalue weighted by atomic mass is 19.4. The summed E-state index contributed by atoms with van der Waals surface area (Å²) >= 11 is 0. The van der Waals surface area contributed by atoms with Gasteiger partial charge in [-0.3, -0.25) is 24.7 Å². The number of carbonyl (C=O) groups is 5. The van der Waals surface area contributed by atoms with Crippen molar-refractivity contribution in [3.8, 4) is 5.75 Å². The summed E-state index contributed by atoms with van der Waals surface area (Å²) in [4.78, 5) is 64.7. The minimum Gasteiger partial charge on any atom is -0.489 e. The fourth-order valence-electron chi connectivity index (χ4n) is 6.01. The minimum absolute atomic E-state index is 0.0813. The van der Waals surface area contributed by atoms with Crippen molar-refractivity contribution >= 4 is 40.7 Å². The number of aryl methyl sites for hydroxylation is 1. The largest absolute Gasteiger partial charge is 0.490 e. The molecule has 1 aromatic heterocycles. The molecule has 318 valence electrons. The smallest absolute Gasteiger partial charge is 0.489 e. The minimum atomic E-state index is -5.08. The maximum absolute atomic E-state index is 13.3. The lowest BCUT2D eigenvalue weighted by molar-refractivity contribution is -0.193. The van der Waals surface area contributed by atoms with Gasteiger partial charge in [0.15, 0.2) is 0 Å². The van der Waals surface area contributed by atoms with Crippen molar-refractivity contribution in [2.75, 3.05) is 26.2 Å². The second-order valence-corrected chi connectivity index (χ2v) is 14.2. The average molecular weight is 832 g/mol. The predicted octanol–water partition coefficient (Wildman–Crippen LogP) is 5.32. The van der Waals surface area contributed by atoms with E-state index < -0.39 is 47.8 Å².